The maximum atomic E-state index is 12.8. The number of likely N-dealkylation sites (tertiary alicyclic amines) is 1. The Morgan fingerprint density at radius 1 is 1.36 bits per heavy atom. The van der Waals surface area contributed by atoms with Crippen LogP contribution in [0, 0.1) is 11.8 Å². The minimum Gasteiger partial charge on any atom is -0.337 e. The predicted molar refractivity (Wildman–Crippen MR) is 96.4 cm³/mol. The Kier molecular flexibility index (Phi) is 4.54. The molecule has 4 atom stereocenters. The maximum Gasteiger partial charge on any atom is 0.273 e. The summed E-state index contributed by atoms with van der Waals surface area (Å²) in [6, 6.07) is 0.517. The van der Waals surface area contributed by atoms with Gasteiger partial charge in [-0.05, 0) is 45.2 Å². The van der Waals surface area contributed by atoms with E-state index >= 15 is 0 Å². The average Bonchev–Trinajstić information content (AvgIpc) is 3.12. The van der Waals surface area contributed by atoms with E-state index < -0.39 is 0 Å². The highest BCUT2D eigenvalue weighted by Crippen LogP contribution is 2.42. The van der Waals surface area contributed by atoms with Crippen LogP contribution in [0.5, 0.6) is 0 Å². The Morgan fingerprint density at radius 3 is 2.88 bits per heavy atom. The molecule has 1 aromatic heterocycles. The third kappa shape index (κ3) is 3.08. The van der Waals surface area contributed by atoms with Crippen molar-refractivity contribution in [2.45, 2.75) is 37.8 Å². The van der Waals surface area contributed by atoms with Gasteiger partial charge in [-0.2, -0.15) is 0 Å². The summed E-state index contributed by atoms with van der Waals surface area (Å²) < 4.78 is 0. The number of fused-ring (bicyclic) bond motifs is 4. The van der Waals surface area contributed by atoms with Crippen LogP contribution in [0.4, 0.5) is 0 Å². The third-order valence-corrected chi connectivity index (χ3v) is 6.57. The first kappa shape index (κ1) is 17.0. The van der Waals surface area contributed by atoms with Crippen LogP contribution in [0.25, 0.3) is 0 Å². The van der Waals surface area contributed by atoms with Crippen molar-refractivity contribution in [3.8, 4) is 0 Å². The summed E-state index contributed by atoms with van der Waals surface area (Å²) in [6.45, 7) is 2.37. The summed E-state index contributed by atoms with van der Waals surface area (Å²) in [4.78, 5) is 36.1. The number of aromatic nitrogens is 1. The van der Waals surface area contributed by atoms with Gasteiger partial charge in [0.05, 0.1) is 5.51 Å². The summed E-state index contributed by atoms with van der Waals surface area (Å²) in [7, 11) is 4.13. The number of likely N-dealkylation sites (N-methyl/N-ethyl adjacent to an activating group) is 1. The summed E-state index contributed by atoms with van der Waals surface area (Å²) in [6.07, 6.45) is 3.87. The molecule has 0 saturated carbocycles. The van der Waals surface area contributed by atoms with Crippen molar-refractivity contribution >= 4 is 23.2 Å². The highest BCUT2D eigenvalue weighted by Gasteiger charge is 2.50. The lowest BCUT2D eigenvalue weighted by atomic mass is 9.72. The van der Waals surface area contributed by atoms with E-state index in [1.165, 1.54) is 11.3 Å². The third-order valence-electron chi connectivity index (χ3n) is 5.99. The summed E-state index contributed by atoms with van der Waals surface area (Å²) in [5, 5.41) is 1.83. The number of rotatable bonds is 3. The highest BCUT2D eigenvalue weighted by atomic mass is 32.1. The topological polar surface area (TPSA) is 56.8 Å². The number of carbonyl (C=O) groups is 2. The molecule has 3 aliphatic heterocycles. The fraction of sp³-hybridized carbons (Fsp3) is 0.722. The van der Waals surface area contributed by atoms with Crippen molar-refractivity contribution in [1.29, 1.82) is 0 Å². The zero-order chi connectivity index (χ0) is 17.6. The number of piperidine rings is 3. The quantitative estimate of drug-likeness (QED) is 0.819. The van der Waals surface area contributed by atoms with Crippen LogP contribution >= 0.6 is 11.3 Å². The van der Waals surface area contributed by atoms with Crippen LogP contribution < -0.4 is 0 Å². The monoisotopic (exact) mass is 362 g/mol. The minimum atomic E-state index is 0.0511. The van der Waals surface area contributed by atoms with Crippen LogP contribution in [0.15, 0.2) is 10.9 Å². The average molecular weight is 362 g/mol. The van der Waals surface area contributed by atoms with E-state index in [2.05, 4.69) is 28.9 Å². The fourth-order valence-corrected chi connectivity index (χ4v) is 5.56. The van der Waals surface area contributed by atoms with E-state index in [1.807, 2.05) is 10.3 Å². The van der Waals surface area contributed by atoms with Crippen LogP contribution in [-0.2, 0) is 4.79 Å². The van der Waals surface area contributed by atoms with Gasteiger partial charge in [-0.15, -0.1) is 11.3 Å². The number of amides is 2. The number of hydrogen-bond donors (Lipinski definition) is 0. The lowest BCUT2D eigenvalue weighted by Crippen LogP contribution is -2.67. The molecule has 2 amide bonds. The molecular weight excluding hydrogens is 336 g/mol. The molecule has 0 unspecified atom stereocenters. The van der Waals surface area contributed by atoms with Crippen LogP contribution in [0.3, 0.4) is 0 Å². The molecule has 3 saturated heterocycles. The van der Waals surface area contributed by atoms with E-state index in [9.17, 15) is 9.59 Å². The molecular formula is C18H26N4O2S. The van der Waals surface area contributed by atoms with Crippen molar-refractivity contribution in [1.82, 2.24) is 19.7 Å². The van der Waals surface area contributed by atoms with E-state index in [0.717, 1.165) is 38.9 Å². The predicted octanol–water partition coefficient (Wildman–Crippen LogP) is 1.55. The minimum absolute atomic E-state index is 0.0511. The Labute approximate surface area is 152 Å². The van der Waals surface area contributed by atoms with Crippen LogP contribution in [-0.4, -0.2) is 77.3 Å². The normalized spacial score (nSPS) is 32.0. The molecule has 3 aliphatic rings. The van der Waals surface area contributed by atoms with Crippen LogP contribution in [0.1, 0.15) is 36.2 Å². The van der Waals surface area contributed by atoms with Crippen molar-refractivity contribution in [2.24, 2.45) is 11.8 Å². The molecule has 3 fully saturated rings. The SMILES string of the molecule is CN(C)C[C@H]1[C@H]2C[C@H](CN(C(=O)c3cscn3)C2)[C@@H]2CCCC(=O)N21. The van der Waals surface area contributed by atoms with Crippen molar-refractivity contribution in [3.63, 3.8) is 0 Å². The number of thiazole rings is 1. The van der Waals surface area contributed by atoms with E-state index in [4.69, 9.17) is 0 Å². The van der Waals surface area contributed by atoms with Gasteiger partial charge in [-0.3, -0.25) is 9.59 Å². The highest BCUT2D eigenvalue weighted by molar-refractivity contribution is 7.07. The second-order valence-corrected chi connectivity index (χ2v) is 8.65. The number of hydrogen-bond acceptors (Lipinski definition) is 5. The molecule has 0 radical (unpaired) electrons. The molecule has 0 spiro atoms. The molecule has 0 N–H and O–H groups in total. The number of nitrogens with zero attached hydrogens (tertiary/aromatic N) is 4. The number of carbonyl (C=O) groups excluding carboxylic acids is 2. The van der Waals surface area contributed by atoms with Gasteiger partial charge in [0.25, 0.3) is 5.91 Å². The van der Waals surface area contributed by atoms with E-state index in [-0.39, 0.29) is 11.9 Å². The van der Waals surface area contributed by atoms with Crippen LogP contribution in [0.2, 0.25) is 0 Å². The first-order chi connectivity index (χ1) is 12.0. The Balaban J connectivity index is 1.60. The largest absolute Gasteiger partial charge is 0.337 e. The van der Waals surface area contributed by atoms with Gasteiger partial charge in [-0.1, -0.05) is 0 Å². The maximum absolute atomic E-state index is 12.8. The molecule has 7 heteroatoms. The Hall–Kier alpha value is -1.47. The van der Waals surface area contributed by atoms with E-state index in [0.29, 0.717) is 35.9 Å². The van der Waals surface area contributed by atoms with Crippen molar-refractivity contribution < 1.29 is 9.59 Å². The molecule has 4 heterocycles. The molecule has 1 aromatic rings. The molecule has 0 aliphatic carbocycles. The first-order valence-corrected chi connectivity index (χ1v) is 10.1. The molecule has 136 valence electrons. The van der Waals surface area contributed by atoms with Crippen molar-refractivity contribution in [3.05, 3.63) is 16.6 Å². The zero-order valence-corrected chi connectivity index (χ0v) is 15.7. The Morgan fingerprint density at radius 2 is 2.16 bits per heavy atom. The van der Waals surface area contributed by atoms with Gasteiger partial charge in [0, 0.05) is 43.5 Å². The molecule has 6 nitrogen and oxygen atoms in total. The molecule has 25 heavy (non-hydrogen) atoms. The lowest BCUT2D eigenvalue weighted by molar-refractivity contribution is -0.152. The summed E-state index contributed by atoms with van der Waals surface area (Å²) in [5.74, 6) is 1.14. The second kappa shape index (κ2) is 6.68. The van der Waals surface area contributed by atoms with Gasteiger partial charge in [0.15, 0.2) is 0 Å². The fourth-order valence-electron chi connectivity index (χ4n) is 5.03. The van der Waals surface area contributed by atoms with Gasteiger partial charge >= 0.3 is 0 Å². The molecule has 4 rings (SSSR count). The van der Waals surface area contributed by atoms with Gasteiger partial charge in [0.2, 0.25) is 5.91 Å². The molecule has 2 bridgehead atoms. The standard InChI is InChI=1S/C18H26N4O2S/c1-20(2)9-16-13-6-12(15-4-3-5-17(23)22(15)16)7-21(8-13)18(24)14-10-25-11-19-14/h10-13,15-16H,3-9H2,1-2H3/t12-,13+,15+,16+/m1/s1. The molecule has 0 aromatic carbocycles. The first-order valence-electron chi connectivity index (χ1n) is 9.18. The lowest BCUT2D eigenvalue weighted by Gasteiger charge is -2.57. The summed E-state index contributed by atoms with van der Waals surface area (Å²) >= 11 is 1.46. The second-order valence-electron chi connectivity index (χ2n) is 7.93. The van der Waals surface area contributed by atoms with E-state index in [1.54, 1.807) is 5.51 Å². The van der Waals surface area contributed by atoms with Gasteiger partial charge in [-0.25, -0.2) is 4.98 Å². The smallest absolute Gasteiger partial charge is 0.273 e. The van der Waals surface area contributed by atoms with Crippen molar-refractivity contribution in [2.75, 3.05) is 33.7 Å². The van der Waals surface area contributed by atoms with Gasteiger partial charge < -0.3 is 14.7 Å². The van der Waals surface area contributed by atoms with Gasteiger partial charge in [0.1, 0.15) is 5.69 Å². The zero-order valence-electron chi connectivity index (χ0n) is 14.9. The summed E-state index contributed by atoms with van der Waals surface area (Å²) in [5.41, 5.74) is 2.28. The Bertz CT molecular complexity index is 648.